The number of ketones is 1. The van der Waals surface area contributed by atoms with E-state index in [1.165, 1.54) is 11.3 Å². The van der Waals surface area contributed by atoms with E-state index in [0.717, 1.165) is 28.8 Å². The lowest BCUT2D eigenvalue weighted by molar-refractivity contribution is -0.114. The Morgan fingerprint density at radius 3 is 2.92 bits per heavy atom. The van der Waals surface area contributed by atoms with Gasteiger partial charge in [0.15, 0.2) is 12.4 Å². The van der Waals surface area contributed by atoms with Crippen molar-refractivity contribution in [3.63, 3.8) is 0 Å². The molecule has 0 bridgehead atoms. The first kappa shape index (κ1) is 18.8. The zero-order valence-corrected chi connectivity index (χ0v) is 16.9. The van der Waals surface area contributed by atoms with Crippen molar-refractivity contribution in [3.8, 4) is 11.8 Å². The van der Waals surface area contributed by atoms with E-state index in [0.29, 0.717) is 20.1 Å². The highest BCUT2D eigenvalue weighted by molar-refractivity contribution is 9.10. The monoisotopic (exact) mass is 448 g/mol. The van der Waals surface area contributed by atoms with Gasteiger partial charge in [-0.25, -0.2) is 0 Å². The number of benzene rings is 1. The quantitative estimate of drug-likeness (QED) is 0.688. The minimum atomic E-state index is -0.647. The van der Waals surface area contributed by atoms with Gasteiger partial charge in [-0.05, 0) is 46.1 Å². The van der Waals surface area contributed by atoms with Crippen molar-refractivity contribution in [1.29, 1.82) is 10.7 Å². The second-order valence-electron chi connectivity index (χ2n) is 5.30. The van der Waals surface area contributed by atoms with Crippen LogP contribution in [-0.4, -0.2) is 27.6 Å². The fraction of sp³-hybridized carbons (Fsp3) is 0.235. The second kappa shape index (κ2) is 8.12. The maximum absolute atomic E-state index is 12.7. The van der Waals surface area contributed by atoms with Gasteiger partial charge in [-0.1, -0.05) is 24.8 Å². The van der Waals surface area contributed by atoms with Crippen LogP contribution in [0.25, 0.3) is 6.08 Å². The molecule has 2 heterocycles. The summed E-state index contributed by atoms with van der Waals surface area (Å²) in [5.41, 5.74) is 0.803. The number of thioether (sulfide) groups is 1. The number of ether oxygens (including phenoxy) is 1. The molecule has 1 aliphatic rings. The van der Waals surface area contributed by atoms with Crippen LogP contribution in [-0.2, 0) is 11.2 Å². The van der Waals surface area contributed by atoms with E-state index in [1.807, 2.05) is 19.1 Å². The smallest absolute Gasteiger partial charge is 0.186 e. The van der Waals surface area contributed by atoms with Crippen LogP contribution in [0.4, 0.5) is 0 Å². The summed E-state index contributed by atoms with van der Waals surface area (Å²) in [7, 11) is 0. The molecule has 0 amide bonds. The van der Waals surface area contributed by atoms with Crippen LogP contribution in [0.3, 0.4) is 0 Å². The van der Waals surface area contributed by atoms with Crippen molar-refractivity contribution in [2.75, 3.05) is 6.61 Å². The Bertz CT molecular complexity index is 948. The Labute approximate surface area is 166 Å². The summed E-state index contributed by atoms with van der Waals surface area (Å²) in [5, 5.41) is 26.6. The van der Waals surface area contributed by atoms with E-state index in [4.69, 9.17) is 15.4 Å². The SMILES string of the molecule is CCc1nnc([C@H]2C(=N)S/C(=C\c3ccc(OCC#N)c(Br)c3)C2=O)s1. The lowest BCUT2D eigenvalue weighted by Crippen LogP contribution is -2.11. The van der Waals surface area contributed by atoms with E-state index in [9.17, 15) is 4.79 Å². The normalized spacial score (nSPS) is 18.3. The summed E-state index contributed by atoms with van der Waals surface area (Å²) >= 11 is 5.94. The largest absolute Gasteiger partial charge is 0.478 e. The zero-order valence-electron chi connectivity index (χ0n) is 13.7. The topological polar surface area (TPSA) is 99.7 Å². The molecule has 132 valence electrons. The summed E-state index contributed by atoms with van der Waals surface area (Å²) < 4.78 is 5.98. The third-order valence-corrected chi connectivity index (χ3v) is 6.31. The summed E-state index contributed by atoms with van der Waals surface area (Å²) in [6, 6.07) is 7.26. The van der Waals surface area contributed by atoms with Crippen LogP contribution >= 0.6 is 39.0 Å². The Morgan fingerprint density at radius 1 is 1.46 bits per heavy atom. The number of nitrogens with zero attached hydrogens (tertiary/aromatic N) is 3. The van der Waals surface area contributed by atoms with E-state index >= 15 is 0 Å². The molecule has 1 atom stereocenters. The predicted octanol–water partition coefficient (Wildman–Crippen LogP) is 4.18. The highest BCUT2D eigenvalue weighted by Crippen LogP contribution is 2.41. The molecule has 0 unspecified atom stereocenters. The first-order valence-electron chi connectivity index (χ1n) is 7.67. The van der Waals surface area contributed by atoms with Gasteiger partial charge in [-0.15, -0.1) is 21.5 Å². The number of nitrogens with one attached hydrogen (secondary N) is 1. The zero-order chi connectivity index (χ0) is 18.7. The van der Waals surface area contributed by atoms with E-state index in [2.05, 4.69) is 26.1 Å². The van der Waals surface area contributed by atoms with E-state index in [1.54, 1.807) is 18.2 Å². The fourth-order valence-corrected chi connectivity index (χ4v) is 4.79. The molecule has 1 saturated heterocycles. The van der Waals surface area contributed by atoms with Crippen molar-refractivity contribution < 1.29 is 9.53 Å². The second-order valence-corrected chi connectivity index (χ2v) is 8.33. The number of carbonyl (C=O) groups is 1. The molecule has 1 aliphatic heterocycles. The summed E-state index contributed by atoms with van der Waals surface area (Å²) in [5.74, 6) is -0.212. The molecular weight excluding hydrogens is 436 g/mol. The summed E-state index contributed by atoms with van der Waals surface area (Å²) in [6.45, 7) is 1.95. The molecule has 1 aromatic carbocycles. The molecule has 1 N–H and O–H groups in total. The van der Waals surface area contributed by atoms with Crippen LogP contribution in [0.1, 0.15) is 28.4 Å². The van der Waals surface area contributed by atoms with Crippen molar-refractivity contribution in [2.45, 2.75) is 19.3 Å². The molecule has 9 heteroatoms. The van der Waals surface area contributed by atoms with Crippen molar-refractivity contribution in [3.05, 3.63) is 43.2 Å². The van der Waals surface area contributed by atoms with Gasteiger partial charge in [0.25, 0.3) is 0 Å². The van der Waals surface area contributed by atoms with Gasteiger partial charge in [-0.3, -0.25) is 10.2 Å². The van der Waals surface area contributed by atoms with Crippen molar-refractivity contribution >= 4 is 55.9 Å². The Hall–Kier alpha value is -2.02. The molecule has 2 aromatic rings. The van der Waals surface area contributed by atoms with Gasteiger partial charge < -0.3 is 4.74 Å². The standard InChI is InChI=1S/C17H13BrN4O2S2/c1-2-13-21-22-17(26-13)14-15(23)12(25-16(14)20)8-9-3-4-11(10(18)7-9)24-6-5-19/h3-4,7-8,14,20H,2,6H2,1H3/b12-8-,20-16?/t14-/m1/s1. The highest BCUT2D eigenvalue weighted by atomic mass is 79.9. The molecule has 1 aromatic heterocycles. The van der Waals surface area contributed by atoms with Gasteiger partial charge in [0.1, 0.15) is 27.8 Å². The molecular formula is C17H13BrN4O2S2. The lowest BCUT2D eigenvalue weighted by Gasteiger charge is -2.05. The first-order valence-corrected chi connectivity index (χ1v) is 10.1. The number of hydrogen-bond donors (Lipinski definition) is 1. The van der Waals surface area contributed by atoms with E-state index < -0.39 is 5.92 Å². The molecule has 3 rings (SSSR count). The van der Waals surface area contributed by atoms with Crippen molar-refractivity contribution in [2.24, 2.45) is 0 Å². The number of aromatic nitrogens is 2. The van der Waals surface area contributed by atoms with Crippen LogP contribution < -0.4 is 4.74 Å². The Morgan fingerprint density at radius 2 is 2.27 bits per heavy atom. The average molecular weight is 449 g/mol. The highest BCUT2D eigenvalue weighted by Gasteiger charge is 2.39. The molecule has 0 aliphatic carbocycles. The van der Waals surface area contributed by atoms with Crippen LogP contribution in [0.2, 0.25) is 0 Å². The third-order valence-electron chi connectivity index (χ3n) is 3.56. The van der Waals surface area contributed by atoms with Crippen LogP contribution in [0, 0.1) is 16.7 Å². The number of Topliss-reactive ketones (excluding diaryl/α,β-unsaturated/α-hetero) is 1. The van der Waals surface area contributed by atoms with Gasteiger partial charge in [0, 0.05) is 0 Å². The maximum atomic E-state index is 12.7. The Balaban J connectivity index is 1.84. The van der Waals surface area contributed by atoms with Gasteiger partial charge in [0.2, 0.25) is 0 Å². The molecule has 1 fully saturated rings. The molecule has 0 radical (unpaired) electrons. The van der Waals surface area contributed by atoms with E-state index in [-0.39, 0.29) is 17.4 Å². The Kier molecular flexibility index (Phi) is 5.86. The average Bonchev–Trinajstić information content (AvgIpc) is 3.19. The fourth-order valence-electron chi connectivity index (χ4n) is 2.33. The molecule has 0 spiro atoms. The van der Waals surface area contributed by atoms with Gasteiger partial charge >= 0.3 is 0 Å². The maximum Gasteiger partial charge on any atom is 0.186 e. The minimum Gasteiger partial charge on any atom is -0.478 e. The van der Waals surface area contributed by atoms with Crippen molar-refractivity contribution in [1.82, 2.24) is 10.2 Å². The number of rotatable bonds is 5. The lowest BCUT2D eigenvalue weighted by atomic mass is 10.1. The number of carbonyl (C=O) groups excluding carboxylic acids is 1. The number of hydrogen-bond acceptors (Lipinski definition) is 8. The summed E-state index contributed by atoms with van der Waals surface area (Å²) in [4.78, 5) is 13.3. The van der Waals surface area contributed by atoms with Gasteiger partial charge in [-0.2, -0.15) is 5.26 Å². The molecule has 0 saturated carbocycles. The number of halogens is 1. The van der Waals surface area contributed by atoms with Gasteiger partial charge in [0.05, 0.1) is 14.4 Å². The third kappa shape index (κ3) is 3.87. The number of aryl methyl sites for hydroxylation is 1. The minimum absolute atomic E-state index is 0.0339. The van der Waals surface area contributed by atoms with Crippen LogP contribution in [0.5, 0.6) is 5.75 Å². The summed E-state index contributed by atoms with van der Waals surface area (Å²) in [6.07, 6.45) is 2.51. The van der Waals surface area contributed by atoms with Crippen LogP contribution in [0.15, 0.2) is 27.6 Å². The molecule has 6 nitrogen and oxygen atoms in total. The predicted molar refractivity (Wildman–Crippen MR) is 106 cm³/mol. The number of nitriles is 1. The first-order chi connectivity index (χ1) is 12.5. The molecule has 26 heavy (non-hydrogen) atoms. The number of allylic oxidation sites excluding steroid dienone is 1.